The normalized spacial score (nSPS) is 10.3. The van der Waals surface area contributed by atoms with Crippen molar-refractivity contribution in [3.63, 3.8) is 0 Å². The highest BCUT2D eigenvalue weighted by molar-refractivity contribution is 6.02. The number of carbonyl (C=O) groups excluding carboxylic acids is 2. The molecule has 0 radical (unpaired) electrons. The minimum absolute atomic E-state index is 0.000775. The van der Waals surface area contributed by atoms with Crippen molar-refractivity contribution in [2.45, 2.75) is 6.92 Å². The zero-order valence-electron chi connectivity index (χ0n) is 13.8. The molecule has 6 heteroatoms. The van der Waals surface area contributed by atoms with Crippen molar-refractivity contribution in [1.29, 1.82) is 0 Å². The summed E-state index contributed by atoms with van der Waals surface area (Å²) >= 11 is 0. The number of rotatable bonds is 5. The molecule has 0 fully saturated rings. The van der Waals surface area contributed by atoms with Gasteiger partial charge >= 0.3 is 0 Å². The Balaban J connectivity index is 1.73. The standard InChI is InChI=1S/C19H16N2O4/c1-12(22)13-3-5-14(6-4-13)16-8-9-17(25-16)19(23)21-15-7-10-18(24-2)20-11-15/h3-11H,1-2H3,(H,21,23). The molecule has 1 amide bonds. The summed E-state index contributed by atoms with van der Waals surface area (Å²) in [5.41, 5.74) is 1.95. The number of hydrogen-bond donors (Lipinski definition) is 1. The van der Waals surface area contributed by atoms with E-state index in [9.17, 15) is 9.59 Å². The fourth-order valence-electron chi connectivity index (χ4n) is 2.25. The Kier molecular flexibility index (Phi) is 4.61. The highest BCUT2D eigenvalue weighted by atomic mass is 16.5. The van der Waals surface area contributed by atoms with Gasteiger partial charge in [0.15, 0.2) is 11.5 Å². The number of Topliss-reactive ketones (excluding diaryl/α,β-unsaturated/α-hetero) is 1. The van der Waals surface area contributed by atoms with E-state index in [4.69, 9.17) is 9.15 Å². The second-order valence-electron chi connectivity index (χ2n) is 5.34. The maximum atomic E-state index is 12.2. The molecule has 0 atom stereocenters. The van der Waals surface area contributed by atoms with Gasteiger partial charge in [0.25, 0.3) is 5.91 Å². The van der Waals surface area contributed by atoms with Crippen LogP contribution in [0.4, 0.5) is 5.69 Å². The Morgan fingerprint density at radius 1 is 1.04 bits per heavy atom. The van der Waals surface area contributed by atoms with Gasteiger partial charge < -0.3 is 14.5 Å². The highest BCUT2D eigenvalue weighted by Gasteiger charge is 2.13. The molecule has 0 unspecified atom stereocenters. The molecule has 126 valence electrons. The molecule has 2 aromatic heterocycles. The van der Waals surface area contributed by atoms with Gasteiger partial charge in [-0.25, -0.2) is 4.98 Å². The van der Waals surface area contributed by atoms with E-state index in [-0.39, 0.29) is 17.5 Å². The molecular weight excluding hydrogens is 320 g/mol. The SMILES string of the molecule is COc1ccc(NC(=O)c2ccc(-c3ccc(C(C)=O)cc3)o2)cn1. The molecule has 6 nitrogen and oxygen atoms in total. The number of nitrogens with zero attached hydrogens (tertiary/aromatic N) is 1. The van der Waals surface area contributed by atoms with Gasteiger partial charge in [0, 0.05) is 17.2 Å². The third-order valence-corrected chi connectivity index (χ3v) is 3.61. The fourth-order valence-corrected chi connectivity index (χ4v) is 2.25. The first-order valence-corrected chi connectivity index (χ1v) is 7.59. The van der Waals surface area contributed by atoms with Crippen LogP contribution in [0.5, 0.6) is 5.88 Å². The molecule has 2 heterocycles. The average Bonchev–Trinajstić information content (AvgIpc) is 3.13. The van der Waals surface area contributed by atoms with E-state index in [0.717, 1.165) is 5.56 Å². The lowest BCUT2D eigenvalue weighted by atomic mass is 10.1. The van der Waals surface area contributed by atoms with Crippen molar-refractivity contribution in [2.75, 3.05) is 12.4 Å². The van der Waals surface area contributed by atoms with Crippen molar-refractivity contribution < 1.29 is 18.7 Å². The van der Waals surface area contributed by atoms with Gasteiger partial charge in [-0.1, -0.05) is 24.3 Å². The van der Waals surface area contributed by atoms with E-state index in [1.807, 2.05) is 0 Å². The van der Waals surface area contributed by atoms with Gasteiger partial charge in [-0.15, -0.1) is 0 Å². The molecule has 3 rings (SSSR count). The zero-order valence-corrected chi connectivity index (χ0v) is 13.8. The van der Waals surface area contributed by atoms with Crippen LogP contribution in [-0.2, 0) is 0 Å². The van der Waals surface area contributed by atoms with Gasteiger partial charge in [0.1, 0.15) is 5.76 Å². The number of nitrogens with one attached hydrogen (secondary N) is 1. The van der Waals surface area contributed by atoms with E-state index >= 15 is 0 Å². The second kappa shape index (κ2) is 7.00. The topological polar surface area (TPSA) is 81.4 Å². The fraction of sp³-hybridized carbons (Fsp3) is 0.105. The number of pyridine rings is 1. The molecule has 3 aromatic rings. The molecule has 0 aliphatic carbocycles. The molecule has 0 aliphatic rings. The number of carbonyl (C=O) groups is 2. The lowest BCUT2D eigenvalue weighted by Crippen LogP contribution is -2.10. The van der Waals surface area contributed by atoms with Crippen LogP contribution in [0.25, 0.3) is 11.3 Å². The summed E-state index contributed by atoms with van der Waals surface area (Å²) < 4.78 is 10.6. The van der Waals surface area contributed by atoms with Crippen LogP contribution in [0.3, 0.4) is 0 Å². The number of hydrogen-bond acceptors (Lipinski definition) is 5. The summed E-state index contributed by atoms with van der Waals surface area (Å²) in [6.45, 7) is 1.51. The molecule has 0 saturated carbocycles. The van der Waals surface area contributed by atoms with Crippen molar-refractivity contribution in [1.82, 2.24) is 4.98 Å². The number of benzene rings is 1. The minimum atomic E-state index is -0.376. The molecule has 0 saturated heterocycles. The average molecular weight is 336 g/mol. The Bertz CT molecular complexity index is 896. The van der Waals surface area contributed by atoms with E-state index in [2.05, 4.69) is 10.3 Å². The molecule has 0 spiro atoms. The number of aromatic nitrogens is 1. The van der Waals surface area contributed by atoms with Gasteiger partial charge in [0.2, 0.25) is 5.88 Å². The number of furan rings is 1. The minimum Gasteiger partial charge on any atom is -0.481 e. The van der Waals surface area contributed by atoms with Crippen LogP contribution in [0, 0.1) is 0 Å². The molecule has 0 bridgehead atoms. The molecule has 25 heavy (non-hydrogen) atoms. The predicted octanol–water partition coefficient (Wildman–Crippen LogP) is 3.81. The van der Waals surface area contributed by atoms with Gasteiger partial charge in [-0.2, -0.15) is 0 Å². The van der Waals surface area contributed by atoms with Crippen LogP contribution in [0.15, 0.2) is 59.1 Å². The number of amides is 1. The summed E-state index contributed by atoms with van der Waals surface area (Å²) in [6.07, 6.45) is 1.50. The van der Waals surface area contributed by atoms with Crippen LogP contribution >= 0.6 is 0 Å². The van der Waals surface area contributed by atoms with Gasteiger partial charge in [0.05, 0.1) is 19.0 Å². The summed E-state index contributed by atoms with van der Waals surface area (Å²) in [5, 5.41) is 2.70. The Hall–Kier alpha value is -3.41. The van der Waals surface area contributed by atoms with Crippen LogP contribution in [0.2, 0.25) is 0 Å². The maximum absolute atomic E-state index is 12.2. The lowest BCUT2D eigenvalue weighted by molar-refractivity contribution is 0.0994. The molecule has 0 aliphatic heterocycles. The lowest BCUT2D eigenvalue weighted by Gasteiger charge is -2.04. The van der Waals surface area contributed by atoms with Crippen molar-refractivity contribution in [3.8, 4) is 17.2 Å². The summed E-state index contributed by atoms with van der Waals surface area (Å²) in [4.78, 5) is 27.6. The van der Waals surface area contributed by atoms with Crippen molar-refractivity contribution in [2.24, 2.45) is 0 Å². The number of ketones is 1. The largest absolute Gasteiger partial charge is 0.481 e. The van der Waals surface area contributed by atoms with Crippen LogP contribution in [-0.4, -0.2) is 23.8 Å². The number of methoxy groups -OCH3 is 1. The molecule has 1 N–H and O–H groups in total. The van der Waals surface area contributed by atoms with E-state index in [1.54, 1.807) is 48.5 Å². The van der Waals surface area contributed by atoms with Crippen molar-refractivity contribution in [3.05, 3.63) is 66.1 Å². The van der Waals surface area contributed by atoms with Crippen LogP contribution in [0.1, 0.15) is 27.8 Å². The first-order valence-electron chi connectivity index (χ1n) is 7.59. The number of anilines is 1. The smallest absolute Gasteiger partial charge is 0.291 e. The predicted molar refractivity (Wildman–Crippen MR) is 92.9 cm³/mol. The van der Waals surface area contributed by atoms with Crippen LogP contribution < -0.4 is 10.1 Å². The maximum Gasteiger partial charge on any atom is 0.291 e. The van der Waals surface area contributed by atoms with Gasteiger partial charge in [-0.05, 0) is 25.1 Å². The van der Waals surface area contributed by atoms with E-state index in [0.29, 0.717) is 22.9 Å². The first-order chi connectivity index (χ1) is 12.1. The van der Waals surface area contributed by atoms with Crippen molar-refractivity contribution >= 4 is 17.4 Å². The van der Waals surface area contributed by atoms with E-state index in [1.165, 1.54) is 20.2 Å². The summed E-state index contributed by atoms with van der Waals surface area (Å²) in [6, 6.07) is 13.7. The Labute approximate surface area is 144 Å². The Morgan fingerprint density at radius 2 is 1.80 bits per heavy atom. The number of ether oxygens (including phenoxy) is 1. The Morgan fingerprint density at radius 3 is 2.40 bits per heavy atom. The third kappa shape index (κ3) is 3.74. The van der Waals surface area contributed by atoms with Gasteiger partial charge in [-0.3, -0.25) is 9.59 Å². The monoisotopic (exact) mass is 336 g/mol. The first kappa shape index (κ1) is 16.4. The molecular formula is C19H16N2O4. The summed E-state index contributed by atoms with van der Waals surface area (Å²) in [7, 11) is 1.52. The molecule has 1 aromatic carbocycles. The van der Waals surface area contributed by atoms with E-state index < -0.39 is 0 Å². The quantitative estimate of drug-likeness (QED) is 0.717. The second-order valence-corrected chi connectivity index (χ2v) is 5.34. The zero-order chi connectivity index (χ0) is 17.8. The third-order valence-electron chi connectivity index (χ3n) is 3.61. The highest BCUT2D eigenvalue weighted by Crippen LogP contribution is 2.23. The summed E-state index contributed by atoms with van der Waals surface area (Å²) in [5.74, 6) is 0.819.